The molecule has 0 aliphatic rings. The van der Waals surface area contributed by atoms with E-state index in [9.17, 15) is 13.2 Å². The summed E-state index contributed by atoms with van der Waals surface area (Å²) in [7, 11) is 0. The Hall–Kier alpha value is -0.230. The molecule has 0 aliphatic heterocycles. The third-order valence-electron chi connectivity index (χ3n) is 1.47. The van der Waals surface area contributed by atoms with E-state index in [1.807, 2.05) is 0 Å². The van der Waals surface area contributed by atoms with Crippen molar-refractivity contribution in [1.29, 1.82) is 0 Å². The Morgan fingerprint density at radius 3 is 2.21 bits per heavy atom. The van der Waals surface area contributed by atoms with Crippen LogP contribution in [0, 0.1) is 6.92 Å². The minimum absolute atomic E-state index is 0.255. The van der Waals surface area contributed by atoms with E-state index in [0.717, 1.165) is 5.56 Å². The van der Waals surface area contributed by atoms with Gasteiger partial charge in [-0.3, -0.25) is 0 Å². The number of benzene rings is 1. The molecule has 0 saturated heterocycles. The van der Waals surface area contributed by atoms with E-state index >= 15 is 0 Å². The highest BCUT2D eigenvalue weighted by molar-refractivity contribution is 9.13. The molecule has 0 aromatic heterocycles. The maximum atomic E-state index is 11.9. The average Bonchev–Trinajstić information content (AvgIpc) is 2.04. The van der Waals surface area contributed by atoms with Crippen LogP contribution in [0.5, 0.6) is 5.75 Å². The summed E-state index contributed by atoms with van der Waals surface area (Å²) >= 11 is 6.16. The Balaban J connectivity index is 3.06. The van der Waals surface area contributed by atoms with Crippen LogP contribution in [0.3, 0.4) is 0 Å². The molecule has 0 heterocycles. The molecule has 6 heteroatoms. The fourth-order valence-electron chi connectivity index (χ4n) is 0.832. The fraction of sp³-hybridized carbons (Fsp3) is 0.250. The molecule has 78 valence electrons. The zero-order valence-electron chi connectivity index (χ0n) is 6.95. The third kappa shape index (κ3) is 2.88. The third-order valence-corrected chi connectivity index (χ3v) is 3.81. The van der Waals surface area contributed by atoms with Crippen LogP contribution in [0.25, 0.3) is 0 Å². The number of halogens is 5. The first-order valence-electron chi connectivity index (χ1n) is 3.51. The molecule has 0 amide bonds. The number of rotatable bonds is 1. The summed E-state index contributed by atoms with van der Waals surface area (Å²) in [5.74, 6) is -0.255. The normalized spacial score (nSPS) is 11.6. The molecule has 0 spiro atoms. The largest absolute Gasteiger partial charge is 0.573 e. The van der Waals surface area contributed by atoms with Crippen molar-refractivity contribution in [3.8, 4) is 5.75 Å². The zero-order chi connectivity index (χ0) is 10.9. The standard InChI is InChI=1S/C8H5Br2F3O/c1-4-2-3-5(7(10)6(4)9)14-8(11,12)13/h2-3H,1H3. The van der Waals surface area contributed by atoms with Crippen LogP contribution in [0.1, 0.15) is 5.56 Å². The van der Waals surface area contributed by atoms with Crippen LogP contribution in [-0.4, -0.2) is 6.36 Å². The van der Waals surface area contributed by atoms with Gasteiger partial charge >= 0.3 is 6.36 Å². The van der Waals surface area contributed by atoms with Gasteiger partial charge in [0.1, 0.15) is 5.75 Å². The molecule has 0 N–H and O–H groups in total. The lowest BCUT2D eigenvalue weighted by molar-refractivity contribution is -0.274. The van der Waals surface area contributed by atoms with Crippen molar-refractivity contribution in [2.75, 3.05) is 0 Å². The van der Waals surface area contributed by atoms with Crippen molar-refractivity contribution in [3.63, 3.8) is 0 Å². The SMILES string of the molecule is Cc1ccc(OC(F)(F)F)c(Br)c1Br. The summed E-state index contributed by atoms with van der Waals surface area (Å²) in [6.45, 7) is 1.77. The van der Waals surface area contributed by atoms with Gasteiger partial charge in [0, 0.05) is 4.47 Å². The predicted molar refractivity (Wildman–Crippen MR) is 53.3 cm³/mol. The monoisotopic (exact) mass is 332 g/mol. The highest BCUT2D eigenvalue weighted by Gasteiger charge is 2.32. The lowest BCUT2D eigenvalue weighted by Crippen LogP contribution is -2.17. The van der Waals surface area contributed by atoms with E-state index in [-0.39, 0.29) is 10.2 Å². The summed E-state index contributed by atoms with van der Waals surface area (Å²) < 4.78 is 40.3. The predicted octanol–water partition coefficient (Wildman–Crippen LogP) is 4.42. The number of ether oxygens (including phenoxy) is 1. The van der Waals surface area contributed by atoms with Crippen LogP contribution in [-0.2, 0) is 0 Å². The second kappa shape index (κ2) is 4.10. The molecule has 0 bridgehead atoms. The maximum absolute atomic E-state index is 11.9. The molecule has 1 nitrogen and oxygen atoms in total. The van der Waals surface area contributed by atoms with E-state index in [2.05, 4.69) is 36.6 Å². The van der Waals surface area contributed by atoms with Crippen LogP contribution in [0.15, 0.2) is 21.1 Å². The Morgan fingerprint density at radius 2 is 1.71 bits per heavy atom. The van der Waals surface area contributed by atoms with Gasteiger partial charge in [-0.25, -0.2) is 0 Å². The first-order valence-corrected chi connectivity index (χ1v) is 5.10. The molecule has 0 saturated carbocycles. The van der Waals surface area contributed by atoms with Crippen LogP contribution < -0.4 is 4.74 Å². The lowest BCUT2D eigenvalue weighted by atomic mass is 10.2. The first-order chi connectivity index (χ1) is 6.31. The summed E-state index contributed by atoms with van der Waals surface area (Å²) in [5, 5.41) is 0. The van der Waals surface area contributed by atoms with Gasteiger partial charge in [-0.1, -0.05) is 6.07 Å². The fourth-order valence-corrected chi connectivity index (χ4v) is 1.69. The molecule has 1 rings (SSSR count). The van der Waals surface area contributed by atoms with Crippen molar-refractivity contribution >= 4 is 31.9 Å². The zero-order valence-corrected chi connectivity index (χ0v) is 10.1. The van der Waals surface area contributed by atoms with Crippen molar-refractivity contribution in [2.45, 2.75) is 13.3 Å². The Kier molecular flexibility index (Phi) is 3.47. The summed E-state index contributed by atoms with van der Waals surface area (Å²) in [4.78, 5) is 0. The van der Waals surface area contributed by atoms with E-state index in [1.165, 1.54) is 12.1 Å². The highest BCUT2D eigenvalue weighted by atomic mass is 79.9. The van der Waals surface area contributed by atoms with E-state index < -0.39 is 6.36 Å². The van der Waals surface area contributed by atoms with Gasteiger partial charge in [0.05, 0.1) is 4.47 Å². The summed E-state index contributed by atoms with van der Waals surface area (Å²) in [6.07, 6.45) is -4.67. The number of hydrogen-bond acceptors (Lipinski definition) is 1. The molecular weight excluding hydrogens is 329 g/mol. The second-order valence-corrected chi connectivity index (χ2v) is 4.14. The summed E-state index contributed by atoms with van der Waals surface area (Å²) in [5.41, 5.74) is 0.825. The molecule has 1 aromatic rings. The molecule has 14 heavy (non-hydrogen) atoms. The Morgan fingerprint density at radius 1 is 1.14 bits per heavy atom. The van der Waals surface area contributed by atoms with Gasteiger partial charge in [-0.2, -0.15) is 0 Å². The molecule has 0 radical (unpaired) electrons. The van der Waals surface area contributed by atoms with Gasteiger partial charge in [0.2, 0.25) is 0 Å². The van der Waals surface area contributed by atoms with Gasteiger partial charge in [-0.15, -0.1) is 13.2 Å². The minimum Gasteiger partial charge on any atom is -0.405 e. The van der Waals surface area contributed by atoms with Crippen molar-refractivity contribution < 1.29 is 17.9 Å². The van der Waals surface area contributed by atoms with Crippen LogP contribution in [0.2, 0.25) is 0 Å². The first kappa shape index (κ1) is 11.8. The maximum Gasteiger partial charge on any atom is 0.573 e. The smallest absolute Gasteiger partial charge is 0.405 e. The van der Waals surface area contributed by atoms with Crippen molar-refractivity contribution in [2.24, 2.45) is 0 Å². The van der Waals surface area contributed by atoms with Crippen molar-refractivity contribution in [1.82, 2.24) is 0 Å². The molecule has 0 unspecified atom stereocenters. The van der Waals surface area contributed by atoms with Gasteiger partial charge < -0.3 is 4.74 Å². The number of hydrogen-bond donors (Lipinski definition) is 0. The Bertz CT molecular complexity index is 349. The van der Waals surface area contributed by atoms with E-state index in [4.69, 9.17) is 0 Å². The van der Waals surface area contributed by atoms with Gasteiger partial charge in [0.15, 0.2) is 0 Å². The second-order valence-electron chi connectivity index (χ2n) is 2.56. The van der Waals surface area contributed by atoms with Gasteiger partial charge in [0.25, 0.3) is 0 Å². The minimum atomic E-state index is -4.67. The Labute approximate surface area is 95.5 Å². The van der Waals surface area contributed by atoms with Crippen molar-refractivity contribution in [3.05, 3.63) is 26.6 Å². The van der Waals surface area contributed by atoms with Gasteiger partial charge in [-0.05, 0) is 50.4 Å². The molecular formula is C8H5Br2F3O. The number of aryl methyl sites for hydroxylation is 1. The topological polar surface area (TPSA) is 9.23 Å². The molecule has 0 aliphatic carbocycles. The van der Waals surface area contributed by atoms with Crippen LogP contribution >= 0.6 is 31.9 Å². The summed E-state index contributed by atoms with van der Waals surface area (Å²) in [6, 6.07) is 2.80. The molecule has 1 aromatic carbocycles. The quantitative estimate of drug-likeness (QED) is 0.739. The van der Waals surface area contributed by atoms with Crippen LogP contribution in [0.4, 0.5) is 13.2 Å². The molecule has 0 fully saturated rings. The average molecular weight is 334 g/mol. The van der Waals surface area contributed by atoms with E-state index in [1.54, 1.807) is 6.92 Å². The van der Waals surface area contributed by atoms with E-state index in [0.29, 0.717) is 4.47 Å². The lowest BCUT2D eigenvalue weighted by Gasteiger charge is -2.12. The molecule has 0 atom stereocenters. The number of alkyl halides is 3. The highest BCUT2D eigenvalue weighted by Crippen LogP contribution is 2.37.